The van der Waals surface area contributed by atoms with Gasteiger partial charge < -0.3 is 4.74 Å². The molecule has 1 aromatic rings. The Morgan fingerprint density at radius 1 is 1.17 bits per heavy atom. The Balaban J connectivity index is 1.68. The zero-order valence-corrected chi connectivity index (χ0v) is 15.0. The van der Waals surface area contributed by atoms with Gasteiger partial charge in [0.2, 0.25) is 10.0 Å². The second kappa shape index (κ2) is 7.42. The molecule has 2 aliphatic carbocycles. The molecule has 2 aliphatic rings. The molecule has 5 nitrogen and oxygen atoms in total. The van der Waals surface area contributed by atoms with Gasteiger partial charge >= 0.3 is 5.97 Å². The van der Waals surface area contributed by atoms with Crippen molar-refractivity contribution >= 4 is 27.6 Å². The molecule has 3 rings (SSSR count). The fourth-order valence-electron chi connectivity index (χ4n) is 2.95. The number of hydrogen-bond donors (Lipinski definition) is 1. The van der Waals surface area contributed by atoms with Crippen LogP contribution in [0.3, 0.4) is 0 Å². The molecule has 0 saturated heterocycles. The van der Waals surface area contributed by atoms with Crippen molar-refractivity contribution < 1.29 is 17.9 Å². The minimum Gasteiger partial charge on any atom is -0.462 e. The second-order valence-corrected chi connectivity index (χ2v) is 8.73. The molecule has 0 atom stereocenters. The van der Waals surface area contributed by atoms with Gasteiger partial charge in [-0.1, -0.05) is 30.9 Å². The molecule has 0 heterocycles. The Hall–Kier alpha value is -1.11. The van der Waals surface area contributed by atoms with Gasteiger partial charge in [-0.05, 0) is 49.8 Å². The van der Waals surface area contributed by atoms with E-state index in [0.717, 1.165) is 25.7 Å². The van der Waals surface area contributed by atoms with Crippen molar-refractivity contribution in [2.75, 3.05) is 6.61 Å². The summed E-state index contributed by atoms with van der Waals surface area (Å²) in [5.41, 5.74) is 0.214. The van der Waals surface area contributed by atoms with Gasteiger partial charge in [0, 0.05) is 6.04 Å². The normalized spacial score (nSPS) is 19.2. The minimum absolute atomic E-state index is 0.0204. The Bertz CT molecular complexity index is 709. The van der Waals surface area contributed by atoms with Crippen LogP contribution in [0.5, 0.6) is 0 Å². The van der Waals surface area contributed by atoms with Gasteiger partial charge in [0.1, 0.15) is 4.90 Å². The standard InChI is InChI=1S/C17H22ClNO4S/c18-15-9-6-13(10-16(15)24(21,22)19-14-7-8-14)17(20)23-11-12-4-2-1-3-5-12/h6,9-10,12,14,19H,1-5,7-8,11H2. The zero-order valence-electron chi connectivity index (χ0n) is 13.5. The molecule has 2 fully saturated rings. The van der Waals surface area contributed by atoms with E-state index in [1.165, 1.54) is 37.5 Å². The van der Waals surface area contributed by atoms with Gasteiger partial charge in [-0.3, -0.25) is 0 Å². The number of nitrogens with one attached hydrogen (secondary N) is 1. The van der Waals surface area contributed by atoms with Crippen molar-refractivity contribution in [2.24, 2.45) is 5.92 Å². The van der Waals surface area contributed by atoms with Crippen LogP contribution in [-0.2, 0) is 14.8 Å². The van der Waals surface area contributed by atoms with Crippen molar-refractivity contribution in [1.29, 1.82) is 0 Å². The summed E-state index contributed by atoms with van der Waals surface area (Å²) in [5.74, 6) is -0.0881. The number of halogens is 1. The molecular weight excluding hydrogens is 350 g/mol. The van der Waals surface area contributed by atoms with Gasteiger partial charge in [-0.25, -0.2) is 17.9 Å². The van der Waals surface area contributed by atoms with Gasteiger partial charge in [-0.15, -0.1) is 0 Å². The Morgan fingerprint density at radius 2 is 1.88 bits per heavy atom. The number of rotatable bonds is 6. The lowest BCUT2D eigenvalue weighted by atomic mass is 9.90. The molecule has 0 aromatic heterocycles. The van der Waals surface area contributed by atoms with Crippen molar-refractivity contribution in [3.63, 3.8) is 0 Å². The maximum Gasteiger partial charge on any atom is 0.338 e. The van der Waals surface area contributed by atoms with E-state index >= 15 is 0 Å². The smallest absolute Gasteiger partial charge is 0.338 e. The van der Waals surface area contributed by atoms with Crippen LogP contribution in [0.1, 0.15) is 55.3 Å². The van der Waals surface area contributed by atoms with Crippen LogP contribution < -0.4 is 4.72 Å². The molecule has 0 spiro atoms. The fourth-order valence-corrected chi connectivity index (χ4v) is 4.78. The zero-order chi connectivity index (χ0) is 17.2. The van der Waals surface area contributed by atoms with Gasteiger partial charge in [0.25, 0.3) is 0 Å². The number of ether oxygens (including phenoxy) is 1. The third kappa shape index (κ3) is 4.49. The van der Waals surface area contributed by atoms with Crippen molar-refractivity contribution in [3.8, 4) is 0 Å². The van der Waals surface area contributed by atoms with Gasteiger partial charge in [0.05, 0.1) is 17.2 Å². The molecule has 7 heteroatoms. The van der Waals surface area contributed by atoms with Crippen LogP contribution in [0.25, 0.3) is 0 Å². The SMILES string of the molecule is O=C(OCC1CCCCC1)c1ccc(Cl)c(S(=O)(=O)NC2CC2)c1. The van der Waals surface area contributed by atoms with E-state index < -0.39 is 16.0 Å². The number of carbonyl (C=O) groups is 1. The summed E-state index contributed by atoms with van der Waals surface area (Å²) in [4.78, 5) is 12.2. The van der Waals surface area contributed by atoms with E-state index in [2.05, 4.69) is 4.72 Å². The Labute approximate surface area is 147 Å². The van der Waals surface area contributed by atoms with E-state index in [1.54, 1.807) is 0 Å². The lowest BCUT2D eigenvalue weighted by Gasteiger charge is -2.21. The molecule has 0 amide bonds. The molecule has 2 saturated carbocycles. The highest BCUT2D eigenvalue weighted by Crippen LogP contribution is 2.28. The lowest BCUT2D eigenvalue weighted by Crippen LogP contribution is -2.26. The lowest BCUT2D eigenvalue weighted by molar-refractivity contribution is 0.0410. The van der Waals surface area contributed by atoms with Crippen molar-refractivity contribution in [2.45, 2.75) is 55.9 Å². The molecule has 24 heavy (non-hydrogen) atoms. The summed E-state index contributed by atoms with van der Waals surface area (Å²) in [6.07, 6.45) is 7.44. The van der Waals surface area contributed by atoms with E-state index in [9.17, 15) is 13.2 Å². The number of sulfonamides is 1. The first-order chi connectivity index (χ1) is 11.5. The van der Waals surface area contributed by atoms with Crippen LogP contribution in [0.15, 0.2) is 23.1 Å². The molecule has 1 N–H and O–H groups in total. The average Bonchev–Trinajstić information content (AvgIpc) is 3.37. The maximum absolute atomic E-state index is 12.3. The predicted octanol–water partition coefficient (Wildman–Crippen LogP) is 3.52. The molecule has 1 aromatic carbocycles. The van der Waals surface area contributed by atoms with E-state index in [4.69, 9.17) is 16.3 Å². The largest absolute Gasteiger partial charge is 0.462 e. The quantitative estimate of drug-likeness (QED) is 0.776. The monoisotopic (exact) mass is 371 g/mol. The van der Waals surface area contributed by atoms with Crippen molar-refractivity contribution in [1.82, 2.24) is 4.72 Å². The minimum atomic E-state index is -3.71. The Kier molecular flexibility index (Phi) is 5.47. The molecule has 132 valence electrons. The molecule has 0 aliphatic heterocycles. The highest BCUT2D eigenvalue weighted by molar-refractivity contribution is 7.89. The second-order valence-electron chi connectivity index (χ2n) is 6.64. The number of esters is 1. The highest BCUT2D eigenvalue weighted by atomic mass is 35.5. The van der Waals surface area contributed by atoms with E-state index in [1.807, 2.05) is 0 Å². The van der Waals surface area contributed by atoms with Crippen LogP contribution in [0, 0.1) is 5.92 Å². The van der Waals surface area contributed by atoms with E-state index in [-0.39, 0.29) is 21.5 Å². The summed E-state index contributed by atoms with van der Waals surface area (Å²) in [6.45, 7) is 0.393. The van der Waals surface area contributed by atoms with Crippen LogP contribution >= 0.6 is 11.6 Å². The first kappa shape index (κ1) is 17.7. The topological polar surface area (TPSA) is 72.5 Å². The molecule has 0 radical (unpaired) electrons. The van der Waals surface area contributed by atoms with Crippen molar-refractivity contribution in [3.05, 3.63) is 28.8 Å². The molecule has 0 unspecified atom stereocenters. The third-order valence-electron chi connectivity index (χ3n) is 4.53. The predicted molar refractivity (Wildman–Crippen MR) is 91.7 cm³/mol. The molecular formula is C17H22ClNO4S. The molecule has 0 bridgehead atoms. The Morgan fingerprint density at radius 3 is 2.54 bits per heavy atom. The summed E-state index contributed by atoms with van der Waals surface area (Å²) < 4.78 is 32.6. The first-order valence-corrected chi connectivity index (χ1v) is 10.3. The third-order valence-corrected chi connectivity index (χ3v) is 6.53. The highest BCUT2D eigenvalue weighted by Gasteiger charge is 2.30. The fraction of sp³-hybridized carbons (Fsp3) is 0.588. The summed E-state index contributed by atoms with van der Waals surface area (Å²) >= 11 is 6.02. The number of hydrogen-bond acceptors (Lipinski definition) is 4. The van der Waals surface area contributed by atoms with E-state index in [0.29, 0.717) is 12.5 Å². The van der Waals surface area contributed by atoms with Crippen LogP contribution in [0.4, 0.5) is 0 Å². The van der Waals surface area contributed by atoms with Gasteiger partial charge in [-0.2, -0.15) is 0 Å². The summed E-state index contributed by atoms with van der Waals surface area (Å²) in [7, 11) is -3.71. The number of carbonyl (C=O) groups excluding carboxylic acids is 1. The maximum atomic E-state index is 12.3. The summed E-state index contributed by atoms with van der Waals surface area (Å²) in [5, 5.41) is 0.104. The first-order valence-electron chi connectivity index (χ1n) is 8.45. The average molecular weight is 372 g/mol. The number of benzene rings is 1. The van der Waals surface area contributed by atoms with Crippen LogP contribution in [-0.4, -0.2) is 27.0 Å². The summed E-state index contributed by atoms with van der Waals surface area (Å²) in [6, 6.07) is 4.21. The van der Waals surface area contributed by atoms with Gasteiger partial charge in [0.15, 0.2) is 0 Å². The van der Waals surface area contributed by atoms with Crippen LogP contribution in [0.2, 0.25) is 5.02 Å².